The molecular formula is C14H27N3O. The van der Waals surface area contributed by atoms with Crippen LogP contribution in [0.1, 0.15) is 41.0 Å². The summed E-state index contributed by atoms with van der Waals surface area (Å²) in [5.41, 5.74) is 5.45. The van der Waals surface area contributed by atoms with Crippen LogP contribution in [0, 0.1) is 5.92 Å². The summed E-state index contributed by atoms with van der Waals surface area (Å²) in [7, 11) is 0. The van der Waals surface area contributed by atoms with Gasteiger partial charge in [0.15, 0.2) is 0 Å². The van der Waals surface area contributed by atoms with E-state index >= 15 is 0 Å². The second-order valence-corrected chi connectivity index (χ2v) is 7.23. The van der Waals surface area contributed by atoms with Crippen LogP contribution in [0.15, 0.2) is 0 Å². The third kappa shape index (κ3) is 2.28. The van der Waals surface area contributed by atoms with Crippen LogP contribution in [0.4, 0.5) is 0 Å². The molecule has 4 nitrogen and oxygen atoms in total. The number of piperazine rings is 1. The fourth-order valence-corrected chi connectivity index (χ4v) is 3.68. The highest BCUT2D eigenvalue weighted by atomic mass is 16.2. The van der Waals surface area contributed by atoms with Gasteiger partial charge in [0.25, 0.3) is 0 Å². The molecule has 2 N–H and O–H groups in total. The van der Waals surface area contributed by atoms with Crippen LogP contribution in [0.5, 0.6) is 0 Å². The number of nitrogens with zero attached hydrogens (tertiary/aromatic N) is 2. The molecule has 2 aliphatic rings. The summed E-state index contributed by atoms with van der Waals surface area (Å²) in [5, 5.41) is 0. The highest BCUT2D eigenvalue weighted by molar-refractivity contribution is 5.85. The molecule has 2 heterocycles. The average molecular weight is 253 g/mol. The second kappa shape index (κ2) is 4.20. The van der Waals surface area contributed by atoms with E-state index in [2.05, 4.69) is 25.7 Å². The third-order valence-corrected chi connectivity index (χ3v) is 4.51. The van der Waals surface area contributed by atoms with Crippen molar-refractivity contribution in [1.29, 1.82) is 0 Å². The monoisotopic (exact) mass is 253 g/mol. The molecule has 0 radical (unpaired) electrons. The van der Waals surface area contributed by atoms with Crippen molar-refractivity contribution in [1.82, 2.24) is 9.80 Å². The molecule has 18 heavy (non-hydrogen) atoms. The molecule has 0 aliphatic carbocycles. The minimum absolute atomic E-state index is 0.0825. The van der Waals surface area contributed by atoms with Crippen molar-refractivity contribution < 1.29 is 4.79 Å². The van der Waals surface area contributed by atoms with Gasteiger partial charge >= 0.3 is 0 Å². The first kappa shape index (κ1) is 13.8. The predicted molar refractivity (Wildman–Crippen MR) is 73.2 cm³/mol. The minimum Gasteiger partial charge on any atom is -0.338 e. The van der Waals surface area contributed by atoms with Crippen molar-refractivity contribution in [2.24, 2.45) is 11.7 Å². The Labute approximate surface area is 110 Å². The Bertz CT molecular complexity index is 345. The van der Waals surface area contributed by atoms with Gasteiger partial charge in [0.1, 0.15) is 0 Å². The third-order valence-electron chi connectivity index (χ3n) is 4.51. The molecule has 0 aromatic heterocycles. The smallest absolute Gasteiger partial charge is 0.242 e. The van der Waals surface area contributed by atoms with Crippen molar-refractivity contribution in [3.8, 4) is 0 Å². The Morgan fingerprint density at radius 3 is 2.50 bits per heavy atom. The second-order valence-electron chi connectivity index (χ2n) is 7.23. The van der Waals surface area contributed by atoms with Crippen LogP contribution >= 0.6 is 0 Å². The highest BCUT2D eigenvalue weighted by Gasteiger charge is 2.47. The van der Waals surface area contributed by atoms with Crippen LogP contribution < -0.4 is 5.73 Å². The van der Waals surface area contributed by atoms with Gasteiger partial charge in [-0.05, 0) is 40.0 Å². The summed E-state index contributed by atoms with van der Waals surface area (Å²) in [6, 6.07) is 0.500. The van der Waals surface area contributed by atoms with E-state index in [1.807, 2.05) is 4.90 Å². The Hall–Kier alpha value is -0.610. The zero-order valence-electron chi connectivity index (χ0n) is 12.4. The maximum absolute atomic E-state index is 12.3. The van der Waals surface area contributed by atoms with Crippen LogP contribution in [-0.2, 0) is 4.79 Å². The van der Waals surface area contributed by atoms with Crippen molar-refractivity contribution in [2.75, 3.05) is 19.6 Å². The van der Waals surface area contributed by atoms with Gasteiger partial charge in [-0.1, -0.05) is 6.92 Å². The zero-order chi connectivity index (χ0) is 13.7. The minimum atomic E-state index is -0.750. The Morgan fingerprint density at radius 2 is 1.94 bits per heavy atom. The van der Waals surface area contributed by atoms with Gasteiger partial charge in [0.2, 0.25) is 5.91 Å². The van der Waals surface area contributed by atoms with E-state index in [0.29, 0.717) is 12.0 Å². The Balaban J connectivity index is 2.10. The van der Waals surface area contributed by atoms with Gasteiger partial charge in [0.05, 0.1) is 5.54 Å². The number of nitrogens with two attached hydrogens (primary N) is 1. The first-order chi connectivity index (χ1) is 8.13. The van der Waals surface area contributed by atoms with E-state index in [0.717, 1.165) is 19.6 Å². The molecular weight excluding hydrogens is 226 g/mol. The van der Waals surface area contributed by atoms with Crippen molar-refractivity contribution in [2.45, 2.75) is 58.2 Å². The number of carbonyl (C=O) groups is 1. The molecule has 2 atom stereocenters. The highest BCUT2D eigenvalue weighted by Crippen LogP contribution is 2.39. The standard InChI is InChI=1S/C14H27N3O/c1-10-8-13(2,3)17-7-6-16(9-11(10)17)12(18)14(4,5)15/h10-11H,6-9,15H2,1-5H3. The number of hydrogen-bond acceptors (Lipinski definition) is 3. The normalized spacial score (nSPS) is 32.4. The molecule has 2 fully saturated rings. The first-order valence-corrected chi connectivity index (χ1v) is 6.98. The lowest BCUT2D eigenvalue weighted by Crippen LogP contribution is -2.61. The van der Waals surface area contributed by atoms with Crippen LogP contribution in [-0.4, -0.2) is 52.5 Å². The number of carbonyl (C=O) groups excluding carboxylic acids is 1. The van der Waals surface area contributed by atoms with Gasteiger partial charge in [-0.15, -0.1) is 0 Å². The van der Waals surface area contributed by atoms with E-state index in [1.54, 1.807) is 13.8 Å². The van der Waals surface area contributed by atoms with E-state index in [9.17, 15) is 4.79 Å². The summed E-state index contributed by atoms with van der Waals surface area (Å²) in [5.74, 6) is 0.732. The zero-order valence-corrected chi connectivity index (χ0v) is 12.4. The van der Waals surface area contributed by atoms with Gasteiger partial charge in [-0.25, -0.2) is 0 Å². The summed E-state index contributed by atoms with van der Waals surface area (Å²) in [6.45, 7) is 13.1. The fourth-order valence-electron chi connectivity index (χ4n) is 3.68. The molecule has 0 spiro atoms. The van der Waals surface area contributed by atoms with Gasteiger partial charge in [0, 0.05) is 31.2 Å². The fraction of sp³-hybridized carbons (Fsp3) is 0.929. The molecule has 2 rings (SSSR count). The van der Waals surface area contributed by atoms with E-state index in [1.165, 1.54) is 6.42 Å². The van der Waals surface area contributed by atoms with Crippen LogP contribution in [0.25, 0.3) is 0 Å². The number of fused-ring (bicyclic) bond motifs is 1. The molecule has 0 aromatic carbocycles. The topological polar surface area (TPSA) is 49.6 Å². The molecule has 0 saturated carbocycles. The van der Waals surface area contributed by atoms with Gasteiger partial charge in [-0.3, -0.25) is 9.69 Å². The number of amides is 1. The maximum atomic E-state index is 12.3. The molecule has 2 saturated heterocycles. The molecule has 0 aromatic rings. The van der Waals surface area contributed by atoms with E-state index in [-0.39, 0.29) is 11.4 Å². The quantitative estimate of drug-likeness (QED) is 0.760. The molecule has 2 aliphatic heterocycles. The SMILES string of the molecule is CC1CC(C)(C)N2CCN(C(=O)C(C)(C)N)CC12. The van der Waals surface area contributed by atoms with E-state index in [4.69, 9.17) is 5.73 Å². The molecule has 2 unspecified atom stereocenters. The van der Waals surface area contributed by atoms with Crippen LogP contribution in [0.2, 0.25) is 0 Å². The van der Waals surface area contributed by atoms with Gasteiger partial charge < -0.3 is 10.6 Å². The Morgan fingerprint density at radius 1 is 1.33 bits per heavy atom. The van der Waals surface area contributed by atoms with E-state index < -0.39 is 5.54 Å². The number of rotatable bonds is 1. The lowest BCUT2D eigenvalue weighted by Gasteiger charge is -2.45. The largest absolute Gasteiger partial charge is 0.338 e. The molecule has 104 valence electrons. The molecule has 0 bridgehead atoms. The number of hydrogen-bond donors (Lipinski definition) is 1. The average Bonchev–Trinajstić information content (AvgIpc) is 2.47. The van der Waals surface area contributed by atoms with Crippen LogP contribution in [0.3, 0.4) is 0 Å². The first-order valence-electron chi connectivity index (χ1n) is 6.98. The van der Waals surface area contributed by atoms with Crippen molar-refractivity contribution in [3.05, 3.63) is 0 Å². The maximum Gasteiger partial charge on any atom is 0.242 e. The van der Waals surface area contributed by atoms with Crippen molar-refractivity contribution >= 4 is 5.91 Å². The molecule has 4 heteroatoms. The summed E-state index contributed by atoms with van der Waals surface area (Å²) in [6.07, 6.45) is 1.21. The predicted octanol–water partition coefficient (Wildman–Crippen LogP) is 1.05. The van der Waals surface area contributed by atoms with Gasteiger partial charge in [-0.2, -0.15) is 0 Å². The summed E-state index contributed by atoms with van der Waals surface area (Å²) < 4.78 is 0. The lowest BCUT2D eigenvalue weighted by atomic mass is 9.95. The summed E-state index contributed by atoms with van der Waals surface area (Å²) in [4.78, 5) is 16.8. The lowest BCUT2D eigenvalue weighted by molar-refractivity contribution is -0.139. The molecule has 1 amide bonds. The van der Waals surface area contributed by atoms with Crippen molar-refractivity contribution in [3.63, 3.8) is 0 Å². The Kier molecular flexibility index (Phi) is 3.23. The summed E-state index contributed by atoms with van der Waals surface area (Å²) >= 11 is 0.